The smallest absolute Gasteiger partial charge is 0.408 e. The van der Waals surface area contributed by atoms with Crippen LogP contribution >= 0.6 is 0 Å². The third-order valence-corrected chi connectivity index (χ3v) is 2.16. The first-order chi connectivity index (χ1) is 8.81. The second-order valence-electron chi connectivity index (χ2n) is 5.00. The molecular weight excluding hydrogens is 250 g/mol. The number of amides is 1. The Morgan fingerprint density at radius 1 is 1.47 bits per heavy atom. The second kappa shape index (κ2) is 6.21. The van der Waals surface area contributed by atoms with Crippen molar-refractivity contribution < 1.29 is 19.1 Å². The van der Waals surface area contributed by atoms with Crippen LogP contribution in [-0.2, 0) is 20.7 Å². The summed E-state index contributed by atoms with van der Waals surface area (Å²) < 4.78 is 9.75. The van der Waals surface area contributed by atoms with E-state index in [1.165, 1.54) is 13.4 Å². The Bertz CT molecular complexity index is 423. The number of aromatic amines is 1. The summed E-state index contributed by atoms with van der Waals surface area (Å²) >= 11 is 0. The minimum Gasteiger partial charge on any atom is -0.467 e. The van der Waals surface area contributed by atoms with Crippen LogP contribution in [0.15, 0.2) is 12.5 Å². The van der Waals surface area contributed by atoms with Crippen molar-refractivity contribution in [2.45, 2.75) is 38.8 Å². The molecule has 1 aromatic rings. The first-order valence-corrected chi connectivity index (χ1v) is 5.86. The number of nitrogens with zero attached hydrogens (tertiary/aromatic N) is 1. The van der Waals surface area contributed by atoms with Gasteiger partial charge in [0.15, 0.2) is 0 Å². The molecule has 2 N–H and O–H groups in total. The van der Waals surface area contributed by atoms with Crippen molar-refractivity contribution in [1.82, 2.24) is 15.3 Å². The highest BCUT2D eigenvalue weighted by Gasteiger charge is 2.25. The van der Waals surface area contributed by atoms with Crippen molar-refractivity contribution in [2.75, 3.05) is 7.11 Å². The van der Waals surface area contributed by atoms with Crippen molar-refractivity contribution in [3.05, 3.63) is 18.2 Å². The highest BCUT2D eigenvalue weighted by Crippen LogP contribution is 2.08. The van der Waals surface area contributed by atoms with E-state index in [-0.39, 0.29) is 6.42 Å². The molecule has 1 amide bonds. The molecule has 7 nitrogen and oxygen atoms in total. The Balaban J connectivity index is 2.65. The molecule has 1 aromatic heterocycles. The fourth-order valence-corrected chi connectivity index (χ4v) is 1.40. The minimum atomic E-state index is -0.819. The third kappa shape index (κ3) is 5.41. The lowest BCUT2D eigenvalue weighted by atomic mass is 10.1. The molecule has 1 atom stereocenters. The van der Waals surface area contributed by atoms with Gasteiger partial charge in [-0.1, -0.05) is 0 Å². The Kier molecular flexibility index (Phi) is 4.91. The average molecular weight is 269 g/mol. The van der Waals surface area contributed by atoms with E-state index in [0.29, 0.717) is 5.69 Å². The summed E-state index contributed by atoms with van der Waals surface area (Å²) in [4.78, 5) is 30.0. The van der Waals surface area contributed by atoms with Crippen LogP contribution in [-0.4, -0.2) is 40.8 Å². The fourth-order valence-electron chi connectivity index (χ4n) is 1.40. The number of methoxy groups -OCH3 is 1. The molecule has 7 heteroatoms. The maximum absolute atomic E-state index is 11.7. The summed E-state index contributed by atoms with van der Waals surface area (Å²) in [6.45, 7) is 5.23. The zero-order valence-corrected chi connectivity index (χ0v) is 11.5. The van der Waals surface area contributed by atoms with Gasteiger partial charge in [-0.3, -0.25) is 0 Å². The maximum atomic E-state index is 11.7. The zero-order valence-electron chi connectivity index (χ0n) is 11.5. The number of esters is 1. The lowest BCUT2D eigenvalue weighted by Crippen LogP contribution is -2.45. The van der Waals surface area contributed by atoms with Gasteiger partial charge >= 0.3 is 12.1 Å². The summed E-state index contributed by atoms with van der Waals surface area (Å²) in [6, 6.07) is -0.819. The van der Waals surface area contributed by atoms with Crippen LogP contribution in [0, 0.1) is 0 Å². The number of carbonyl (C=O) groups excluding carboxylic acids is 2. The molecular formula is C12H19N3O4. The van der Waals surface area contributed by atoms with Gasteiger partial charge in [0.05, 0.1) is 13.4 Å². The Morgan fingerprint density at radius 2 is 2.16 bits per heavy atom. The molecule has 0 aliphatic carbocycles. The van der Waals surface area contributed by atoms with Crippen molar-refractivity contribution in [2.24, 2.45) is 0 Å². The molecule has 0 radical (unpaired) electrons. The highest BCUT2D eigenvalue weighted by atomic mass is 16.6. The monoisotopic (exact) mass is 269 g/mol. The minimum absolute atomic E-state index is 0.256. The molecule has 1 heterocycles. The number of hydrogen-bond acceptors (Lipinski definition) is 5. The molecule has 19 heavy (non-hydrogen) atoms. The van der Waals surface area contributed by atoms with E-state index in [2.05, 4.69) is 20.0 Å². The SMILES string of the molecule is COC(=O)[C@H](Cc1cnc[nH]1)NC(=O)OC(C)(C)C. The number of nitrogens with one attached hydrogen (secondary N) is 2. The van der Waals surface area contributed by atoms with Crippen LogP contribution in [0.5, 0.6) is 0 Å². The Morgan fingerprint density at radius 3 is 2.63 bits per heavy atom. The predicted molar refractivity (Wildman–Crippen MR) is 67.5 cm³/mol. The summed E-state index contributed by atoms with van der Waals surface area (Å²) in [6.07, 6.45) is 2.66. The quantitative estimate of drug-likeness (QED) is 0.796. The van der Waals surface area contributed by atoms with Crippen LogP contribution in [0.1, 0.15) is 26.5 Å². The van der Waals surface area contributed by atoms with Crippen molar-refractivity contribution in [3.8, 4) is 0 Å². The lowest BCUT2D eigenvalue weighted by molar-refractivity contribution is -0.143. The van der Waals surface area contributed by atoms with Gasteiger partial charge in [0.25, 0.3) is 0 Å². The van der Waals surface area contributed by atoms with E-state index < -0.39 is 23.7 Å². The van der Waals surface area contributed by atoms with E-state index >= 15 is 0 Å². The molecule has 0 aliphatic heterocycles. The number of H-pyrrole nitrogens is 1. The van der Waals surface area contributed by atoms with Gasteiger partial charge in [-0.25, -0.2) is 14.6 Å². The van der Waals surface area contributed by atoms with Crippen LogP contribution in [0.2, 0.25) is 0 Å². The van der Waals surface area contributed by atoms with Crippen LogP contribution < -0.4 is 5.32 Å². The number of hydrogen-bond donors (Lipinski definition) is 2. The standard InChI is InChI=1S/C12H19N3O4/c1-12(2,3)19-11(17)15-9(10(16)18-4)5-8-6-13-7-14-8/h6-7,9H,5H2,1-4H3,(H,13,14)(H,15,17)/t9-/m0/s1. The van der Waals surface area contributed by atoms with Gasteiger partial charge in [0.2, 0.25) is 0 Å². The topological polar surface area (TPSA) is 93.3 Å². The van der Waals surface area contributed by atoms with Crippen LogP contribution in [0.3, 0.4) is 0 Å². The molecule has 0 saturated heterocycles. The molecule has 0 spiro atoms. The molecule has 0 aliphatic rings. The van der Waals surface area contributed by atoms with E-state index in [1.807, 2.05) is 0 Å². The summed E-state index contributed by atoms with van der Waals surface area (Å²) in [5.74, 6) is -0.541. The van der Waals surface area contributed by atoms with Crippen LogP contribution in [0.25, 0.3) is 0 Å². The van der Waals surface area contributed by atoms with Gasteiger partial charge in [-0.05, 0) is 20.8 Å². The van der Waals surface area contributed by atoms with Gasteiger partial charge < -0.3 is 19.8 Å². The maximum Gasteiger partial charge on any atom is 0.408 e. The van der Waals surface area contributed by atoms with Crippen molar-refractivity contribution in [3.63, 3.8) is 0 Å². The number of carbonyl (C=O) groups is 2. The fraction of sp³-hybridized carbons (Fsp3) is 0.583. The van der Waals surface area contributed by atoms with Crippen LogP contribution in [0.4, 0.5) is 4.79 Å². The largest absolute Gasteiger partial charge is 0.467 e. The Labute approximate surface area is 111 Å². The third-order valence-electron chi connectivity index (χ3n) is 2.16. The van der Waals surface area contributed by atoms with E-state index in [4.69, 9.17) is 4.74 Å². The molecule has 0 aromatic carbocycles. The Hall–Kier alpha value is -2.05. The summed E-state index contributed by atoms with van der Waals surface area (Å²) in [7, 11) is 1.26. The molecule has 0 fully saturated rings. The highest BCUT2D eigenvalue weighted by molar-refractivity contribution is 5.81. The zero-order chi connectivity index (χ0) is 14.5. The van der Waals surface area contributed by atoms with E-state index in [1.54, 1.807) is 27.0 Å². The number of ether oxygens (including phenoxy) is 2. The number of imidazole rings is 1. The molecule has 0 unspecified atom stereocenters. The van der Waals surface area contributed by atoms with Crippen molar-refractivity contribution in [1.29, 1.82) is 0 Å². The predicted octanol–water partition coefficient (Wildman–Crippen LogP) is 1.02. The first-order valence-electron chi connectivity index (χ1n) is 5.86. The van der Waals surface area contributed by atoms with Gasteiger partial charge in [0, 0.05) is 18.3 Å². The van der Waals surface area contributed by atoms with Gasteiger partial charge in [-0.15, -0.1) is 0 Å². The van der Waals surface area contributed by atoms with Gasteiger partial charge in [-0.2, -0.15) is 0 Å². The number of rotatable bonds is 4. The first kappa shape index (κ1) is 15.0. The number of alkyl carbamates (subject to hydrolysis) is 1. The van der Waals surface area contributed by atoms with Crippen molar-refractivity contribution >= 4 is 12.1 Å². The lowest BCUT2D eigenvalue weighted by Gasteiger charge is -2.22. The second-order valence-corrected chi connectivity index (χ2v) is 5.00. The molecule has 106 valence electrons. The van der Waals surface area contributed by atoms with Gasteiger partial charge in [0.1, 0.15) is 11.6 Å². The normalized spacial score (nSPS) is 12.6. The summed E-state index contributed by atoms with van der Waals surface area (Å²) in [5.41, 5.74) is 0.0881. The van der Waals surface area contributed by atoms with E-state index in [0.717, 1.165) is 0 Å². The molecule has 0 bridgehead atoms. The van der Waals surface area contributed by atoms with E-state index in [9.17, 15) is 9.59 Å². The molecule has 0 saturated carbocycles. The summed E-state index contributed by atoms with van der Waals surface area (Å²) in [5, 5.41) is 2.48. The molecule has 1 rings (SSSR count). The average Bonchev–Trinajstić information content (AvgIpc) is 2.77. The number of aromatic nitrogens is 2.